The van der Waals surface area contributed by atoms with Crippen molar-refractivity contribution >= 4 is 28.3 Å². The molecule has 3 aromatic rings. The summed E-state index contributed by atoms with van der Waals surface area (Å²) in [5.74, 6) is -0.679. The van der Waals surface area contributed by atoms with Gasteiger partial charge in [0.2, 0.25) is 5.91 Å². The summed E-state index contributed by atoms with van der Waals surface area (Å²) in [6, 6.07) is 9.79. The number of amides is 2. The third kappa shape index (κ3) is 3.13. The van der Waals surface area contributed by atoms with E-state index in [-0.39, 0.29) is 11.8 Å². The highest BCUT2D eigenvalue weighted by Crippen LogP contribution is 2.33. The van der Waals surface area contributed by atoms with Crippen LogP contribution >= 0.6 is 11.3 Å². The average Bonchev–Trinajstić information content (AvgIpc) is 3.30. The second-order valence-corrected chi connectivity index (χ2v) is 7.20. The number of aromatic nitrogens is 2. The molecule has 1 unspecified atom stereocenters. The van der Waals surface area contributed by atoms with Gasteiger partial charge < -0.3 is 16.0 Å². The zero-order valence-corrected chi connectivity index (χ0v) is 14.8. The predicted octanol–water partition coefficient (Wildman–Crippen LogP) is 3.30. The summed E-state index contributed by atoms with van der Waals surface area (Å²) in [6.07, 6.45) is 4.56. The molecule has 1 atom stereocenters. The second-order valence-electron chi connectivity index (χ2n) is 6.34. The molecule has 1 aliphatic carbocycles. The topological polar surface area (TPSA) is 101 Å². The fourth-order valence-corrected chi connectivity index (χ4v) is 4.09. The van der Waals surface area contributed by atoms with Crippen LogP contribution in [0.3, 0.4) is 0 Å². The minimum absolute atomic E-state index is 0.0232. The van der Waals surface area contributed by atoms with Crippen molar-refractivity contribution < 1.29 is 9.59 Å². The van der Waals surface area contributed by atoms with Gasteiger partial charge in [0.15, 0.2) is 5.13 Å². The molecule has 0 saturated heterocycles. The Morgan fingerprint density at radius 3 is 2.96 bits per heavy atom. The highest BCUT2D eigenvalue weighted by Gasteiger charge is 2.26. The number of fused-ring (bicyclic) bond motifs is 1. The molecule has 2 aromatic heterocycles. The van der Waals surface area contributed by atoms with Crippen LogP contribution < -0.4 is 11.1 Å². The van der Waals surface area contributed by atoms with Crippen LogP contribution in [0.5, 0.6) is 0 Å². The molecular formula is C19H18N4O2S. The molecule has 2 heterocycles. The highest BCUT2D eigenvalue weighted by atomic mass is 32.1. The van der Waals surface area contributed by atoms with Gasteiger partial charge in [0.25, 0.3) is 5.91 Å². The van der Waals surface area contributed by atoms with Crippen molar-refractivity contribution in [3.8, 4) is 11.3 Å². The van der Waals surface area contributed by atoms with E-state index in [1.54, 1.807) is 12.3 Å². The maximum absolute atomic E-state index is 12.8. The average molecular weight is 366 g/mol. The molecule has 4 rings (SSSR count). The fourth-order valence-electron chi connectivity index (χ4n) is 3.37. The first-order chi connectivity index (χ1) is 12.6. The van der Waals surface area contributed by atoms with E-state index in [2.05, 4.69) is 21.4 Å². The van der Waals surface area contributed by atoms with E-state index in [1.807, 2.05) is 23.6 Å². The third-order valence-corrected chi connectivity index (χ3v) is 5.42. The number of thiazole rings is 1. The summed E-state index contributed by atoms with van der Waals surface area (Å²) in [5.41, 5.74) is 9.41. The minimum atomic E-state index is -0.518. The van der Waals surface area contributed by atoms with Crippen LogP contribution in [0.4, 0.5) is 5.13 Å². The first-order valence-corrected chi connectivity index (χ1v) is 9.32. The van der Waals surface area contributed by atoms with Crippen LogP contribution in [0.25, 0.3) is 11.3 Å². The van der Waals surface area contributed by atoms with Crippen molar-refractivity contribution in [2.75, 3.05) is 5.32 Å². The number of benzene rings is 1. The van der Waals surface area contributed by atoms with E-state index < -0.39 is 5.91 Å². The molecule has 2 amide bonds. The number of aromatic amines is 1. The Morgan fingerprint density at radius 2 is 2.15 bits per heavy atom. The Bertz CT molecular complexity index is 975. The number of aryl methyl sites for hydroxylation is 1. The van der Waals surface area contributed by atoms with Crippen LogP contribution in [0, 0.1) is 0 Å². The van der Waals surface area contributed by atoms with Gasteiger partial charge in [-0.3, -0.25) is 9.59 Å². The molecule has 0 aliphatic heterocycles. The SMILES string of the molecule is NC(=O)c1cc(-c2csc(NC(=O)C3CCCc4ccccc43)n2)c[nH]1. The Kier molecular flexibility index (Phi) is 4.30. The molecule has 26 heavy (non-hydrogen) atoms. The fraction of sp³-hybridized carbons (Fsp3) is 0.211. The molecule has 0 fully saturated rings. The van der Waals surface area contributed by atoms with E-state index in [9.17, 15) is 9.59 Å². The van der Waals surface area contributed by atoms with Crippen molar-refractivity contribution in [2.45, 2.75) is 25.2 Å². The molecule has 4 N–H and O–H groups in total. The summed E-state index contributed by atoms with van der Waals surface area (Å²) < 4.78 is 0. The number of hydrogen-bond donors (Lipinski definition) is 3. The van der Waals surface area contributed by atoms with Crippen LogP contribution in [-0.4, -0.2) is 21.8 Å². The van der Waals surface area contributed by atoms with Gasteiger partial charge in [0.1, 0.15) is 5.69 Å². The number of primary amides is 1. The maximum atomic E-state index is 12.8. The molecule has 132 valence electrons. The summed E-state index contributed by atoms with van der Waals surface area (Å²) >= 11 is 1.36. The number of carbonyl (C=O) groups excluding carboxylic acids is 2. The van der Waals surface area contributed by atoms with Crippen molar-refractivity contribution in [2.24, 2.45) is 5.73 Å². The second kappa shape index (κ2) is 6.76. The van der Waals surface area contributed by atoms with E-state index in [0.717, 1.165) is 30.4 Å². The molecule has 1 aromatic carbocycles. The number of H-pyrrole nitrogens is 1. The molecule has 6 nitrogen and oxygen atoms in total. The van der Waals surface area contributed by atoms with Gasteiger partial charge in [0.05, 0.1) is 11.6 Å². The Balaban J connectivity index is 1.51. The molecule has 1 aliphatic rings. The highest BCUT2D eigenvalue weighted by molar-refractivity contribution is 7.14. The largest absolute Gasteiger partial charge is 0.364 e. The summed E-state index contributed by atoms with van der Waals surface area (Å²) in [5, 5.41) is 5.34. The molecule has 7 heteroatoms. The van der Waals surface area contributed by atoms with Crippen molar-refractivity contribution in [1.29, 1.82) is 0 Å². The predicted molar refractivity (Wildman–Crippen MR) is 101 cm³/mol. The third-order valence-electron chi connectivity index (χ3n) is 4.66. The van der Waals surface area contributed by atoms with Crippen LogP contribution in [0.1, 0.15) is 40.4 Å². The monoisotopic (exact) mass is 366 g/mol. The quantitative estimate of drug-likeness (QED) is 0.660. The van der Waals surface area contributed by atoms with Gasteiger partial charge in [0, 0.05) is 17.1 Å². The summed E-state index contributed by atoms with van der Waals surface area (Å²) in [7, 11) is 0. The van der Waals surface area contributed by atoms with Crippen molar-refractivity contribution in [3.63, 3.8) is 0 Å². The number of carbonyl (C=O) groups is 2. The van der Waals surface area contributed by atoms with Crippen LogP contribution in [-0.2, 0) is 11.2 Å². The number of anilines is 1. The first kappa shape index (κ1) is 16.5. The van der Waals surface area contributed by atoms with Crippen molar-refractivity contribution in [3.05, 3.63) is 58.7 Å². The Morgan fingerprint density at radius 1 is 1.31 bits per heavy atom. The van der Waals surface area contributed by atoms with E-state index in [4.69, 9.17) is 5.73 Å². The number of nitrogens with two attached hydrogens (primary N) is 1. The van der Waals surface area contributed by atoms with Crippen LogP contribution in [0.2, 0.25) is 0 Å². The standard InChI is InChI=1S/C19H18N4O2S/c20-17(24)15-8-12(9-21-15)16-10-26-19(22-16)23-18(25)14-7-3-5-11-4-1-2-6-13(11)14/h1-2,4,6,8-10,14,21H,3,5,7H2,(H2,20,24)(H,22,23,25). The van der Waals surface area contributed by atoms with Gasteiger partial charge in [-0.05, 0) is 36.5 Å². The maximum Gasteiger partial charge on any atom is 0.265 e. The lowest BCUT2D eigenvalue weighted by Gasteiger charge is -2.24. The van der Waals surface area contributed by atoms with Gasteiger partial charge >= 0.3 is 0 Å². The molecular weight excluding hydrogens is 348 g/mol. The smallest absolute Gasteiger partial charge is 0.265 e. The minimum Gasteiger partial charge on any atom is -0.364 e. The lowest BCUT2D eigenvalue weighted by molar-refractivity contribution is -0.117. The molecule has 0 spiro atoms. The zero-order valence-electron chi connectivity index (χ0n) is 14.0. The molecule has 0 saturated carbocycles. The lowest BCUT2D eigenvalue weighted by Crippen LogP contribution is -2.24. The van der Waals surface area contributed by atoms with Gasteiger partial charge in [-0.15, -0.1) is 11.3 Å². The summed E-state index contributed by atoms with van der Waals surface area (Å²) in [4.78, 5) is 31.2. The summed E-state index contributed by atoms with van der Waals surface area (Å²) in [6.45, 7) is 0. The Labute approximate surface area is 154 Å². The number of hydrogen-bond acceptors (Lipinski definition) is 4. The zero-order chi connectivity index (χ0) is 18.1. The van der Waals surface area contributed by atoms with Gasteiger partial charge in [-0.2, -0.15) is 0 Å². The van der Waals surface area contributed by atoms with E-state index in [0.29, 0.717) is 16.5 Å². The van der Waals surface area contributed by atoms with Crippen molar-refractivity contribution in [1.82, 2.24) is 9.97 Å². The number of rotatable bonds is 4. The molecule has 0 bridgehead atoms. The van der Waals surface area contributed by atoms with Gasteiger partial charge in [-0.25, -0.2) is 4.98 Å². The number of nitrogens with zero attached hydrogens (tertiary/aromatic N) is 1. The Hall–Kier alpha value is -2.93. The van der Waals surface area contributed by atoms with E-state index >= 15 is 0 Å². The van der Waals surface area contributed by atoms with Gasteiger partial charge in [-0.1, -0.05) is 24.3 Å². The van der Waals surface area contributed by atoms with E-state index in [1.165, 1.54) is 16.9 Å². The molecule has 0 radical (unpaired) electrons. The van der Waals surface area contributed by atoms with Crippen LogP contribution in [0.15, 0.2) is 41.9 Å². The lowest BCUT2D eigenvalue weighted by atomic mass is 9.82. The normalized spacial score (nSPS) is 16.1. The number of nitrogens with one attached hydrogen (secondary N) is 2. The first-order valence-electron chi connectivity index (χ1n) is 8.44.